The topological polar surface area (TPSA) is 59.0 Å². The Kier molecular flexibility index (Phi) is 4.63. The van der Waals surface area contributed by atoms with E-state index < -0.39 is 6.10 Å². The Labute approximate surface area is 150 Å². The Morgan fingerprint density at radius 2 is 2.04 bits per heavy atom. The monoisotopic (exact) mass is 359 g/mol. The number of rotatable bonds is 4. The van der Waals surface area contributed by atoms with Gasteiger partial charge in [0, 0.05) is 18.0 Å². The molecule has 1 saturated heterocycles. The van der Waals surface area contributed by atoms with Crippen LogP contribution in [-0.2, 0) is 11.2 Å². The number of fused-ring (bicyclic) bond motifs is 1. The van der Waals surface area contributed by atoms with Gasteiger partial charge in [-0.1, -0.05) is 12.1 Å². The van der Waals surface area contributed by atoms with E-state index in [2.05, 4.69) is 0 Å². The van der Waals surface area contributed by atoms with Crippen molar-refractivity contribution in [1.29, 1.82) is 0 Å². The number of aliphatic hydroxyl groups is 1. The van der Waals surface area contributed by atoms with Gasteiger partial charge >= 0.3 is 0 Å². The molecule has 2 aliphatic heterocycles. The number of hydrogen-bond acceptors (Lipinski definition) is 5. The van der Waals surface area contributed by atoms with E-state index in [-0.39, 0.29) is 18.6 Å². The van der Waals surface area contributed by atoms with Crippen LogP contribution in [0.2, 0.25) is 0 Å². The minimum Gasteiger partial charge on any atom is -0.454 e. The van der Waals surface area contributed by atoms with Crippen LogP contribution in [0.1, 0.15) is 29.4 Å². The molecule has 25 heavy (non-hydrogen) atoms. The smallest absolute Gasteiger partial charge is 0.231 e. The van der Waals surface area contributed by atoms with Crippen molar-refractivity contribution >= 4 is 17.2 Å². The molecule has 0 aliphatic carbocycles. The molecule has 1 amide bonds. The first-order valence-electron chi connectivity index (χ1n) is 8.58. The summed E-state index contributed by atoms with van der Waals surface area (Å²) in [6, 6.07) is 9.60. The van der Waals surface area contributed by atoms with Crippen LogP contribution in [0.3, 0.4) is 0 Å². The average Bonchev–Trinajstić information content (AvgIpc) is 3.32. The summed E-state index contributed by atoms with van der Waals surface area (Å²) in [6.45, 7) is 1.65. The molecule has 1 atom stereocenters. The van der Waals surface area contributed by atoms with Gasteiger partial charge in [-0.05, 0) is 47.9 Å². The molecule has 132 valence electrons. The van der Waals surface area contributed by atoms with Crippen molar-refractivity contribution in [3.05, 3.63) is 46.2 Å². The van der Waals surface area contributed by atoms with Gasteiger partial charge in [0.05, 0.1) is 12.5 Å². The van der Waals surface area contributed by atoms with E-state index >= 15 is 0 Å². The van der Waals surface area contributed by atoms with Gasteiger partial charge in [0.25, 0.3) is 0 Å². The highest BCUT2D eigenvalue weighted by molar-refractivity contribution is 7.10. The van der Waals surface area contributed by atoms with Gasteiger partial charge in [0.1, 0.15) is 0 Å². The Morgan fingerprint density at radius 1 is 1.24 bits per heavy atom. The lowest BCUT2D eigenvalue weighted by atomic mass is 9.90. The number of aliphatic hydroxyl groups excluding tert-OH is 1. The fourth-order valence-electron chi connectivity index (χ4n) is 3.49. The van der Waals surface area contributed by atoms with Crippen LogP contribution in [0.15, 0.2) is 35.7 Å². The van der Waals surface area contributed by atoms with Crippen LogP contribution in [0.5, 0.6) is 11.5 Å². The lowest BCUT2D eigenvalue weighted by molar-refractivity contribution is -0.132. The minimum absolute atomic E-state index is 0.128. The first kappa shape index (κ1) is 16.4. The second kappa shape index (κ2) is 7.06. The number of benzene rings is 1. The molecule has 6 heteroatoms. The summed E-state index contributed by atoms with van der Waals surface area (Å²) >= 11 is 1.59. The van der Waals surface area contributed by atoms with Gasteiger partial charge in [-0.15, -0.1) is 11.3 Å². The normalized spacial score (nSPS) is 18.4. The van der Waals surface area contributed by atoms with Crippen LogP contribution in [0.4, 0.5) is 0 Å². The molecule has 4 rings (SSSR count). The third-order valence-corrected chi connectivity index (χ3v) is 5.91. The summed E-state index contributed by atoms with van der Waals surface area (Å²) in [6.07, 6.45) is 1.64. The van der Waals surface area contributed by atoms with Crippen molar-refractivity contribution in [2.45, 2.75) is 25.4 Å². The first-order chi connectivity index (χ1) is 12.2. The van der Waals surface area contributed by atoms with Gasteiger partial charge < -0.3 is 19.5 Å². The van der Waals surface area contributed by atoms with Gasteiger partial charge in [0.2, 0.25) is 12.7 Å². The highest BCUT2D eigenvalue weighted by Gasteiger charge is 2.28. The summed E-state index contributed by atoms with van der Waals surface area (Å²) in [4.78, 5) is 15.5. The zero-order valence-electron chi connectivity index (χ0n) is 13.9. The van der Waals surface area contributed by atoms with Crippen molar-refractivity contribution in [2.24, 2.45) is 5.92 Å². The number of carbonyl (C=O) groups excluding carboxylic acids is 1. The van der Waals surface area contributed by atoms with Crippen molar-refractivity contribution in [3.63, 3.8) is 0 Å². The molecule has 0 radical (unpaired) electrons. The summed E-state index contributed by atoms with van der Waals surface area (Å²) < 4.78 is 10.7. The Hall–Kier alpha value is -2.05. The molecular weight excluding hydrogens is 338 g/mol. The SMILES string of the molecule is O=C(Cc1ccc2c(c1)OCO2)N1CCC(C(O)c2cccs2)CC1. The minimum atomic E-state index is -0.411. The summed E-state index contributed by atoms with van der Waals surface area (Å²) in [5.41, 5.74) is 0.940. The summed E-state index contributed by atoms with van der Waals surface area (Å²) in [5.74, 6) is 1.80. The number of nitrogens with zero attached hydrogens (tertiary/aromatic N) is 1. The molecule has 1 unspecified atom stereocenters. The maximum atomic E-state index is 12.6. The van der Waals surface area contributed by atoms with Crippen LogP contribution in [-0.4, -0.2) is 35.8 Å². The van der Waals surface area contributed by atoms with E-state index in [1.165, 1.54) is 0 Å². The maximum Gasteiger partial charge on any atom is 0.231 e. The highest BCUT2D eigenvalue weighted by Crippen LogP contribution is 2.34. The standard InChI is InChI=1S/C19H21NO4S/c21-18(11-13-3-4-15-16(10-13)24-12-23-15)20-7-5-14(6-8-20)19(22)17-2-1-9-25-17/h1-4,9-10,14,19,22H,5-8,11-12H2. The fraction of sp³-hybridized carbons (Fsp3) is 0.421. The second-order valence-corrected chi connectivity index (χ2v) is 7.52. The largest absolute Gasteiger partial charge is 0.454 e. The molecule has 2 aromatic rings. The van der Waals surface area contributed by atoms with Gasteiger partial charge in [0.15, 0.2) is 11.5 Å². The van der Waals surface area contributed by atoms with Crippen LogP contribution in [0, 0.1) is 5.92 Å². The van der Waals surface area contributed by atoms with E-state index in [1.54, 1.807) is 11.3 Å². The Morgan fingerprint density at radius 3 is 2.80 bits per heavy atom. The molecule has 0 spiro atoms. The summed E-state index contributed by atoms with van der Waals surface area (Å²) in [7, 11) is 0. The Balaban J connectivity index is 1.32. The van der Waals surface area contributed by atoms with E-state index in [0.717, 1.165) is 29.0 Å². The molecule has 5 nitrogen and oxygen atoms in total. The van der Waals surface area contributed by atoms with Gasteiger partial charge in [-0.2, -0.15) is 0 Å². The Bertz CT molecular complexity index is 738. The van der Waals surface area contributed by atoms with E-state index in [1.807, 2.05) is 40.6 Å². The molecular formula is C19H21NO4S. The molecule has 1 N–H and O–H groups in total. The van der Waals surface area contributed by atoms with Gasteiger partial charge in [-0.25, -0.2) is 0 Å². The number of hydrogen-bond donors (Lipinski definition) is 1. The third kappa shape index (κ3) is 3.50. The van der Waals surface area contributed by atoms with Gasteiger partial charge in [-0.3, -0.25) is 4.79 Å². The number of carbonyl (C=O) groups is 1. The number of piperidine rings is 1. The maximum absolute atomic E-state index is 12.6. The lowest BCUT2D eigenvalue weighted by Gasteiger charge is -2.34. The predicted octanol–water partition coefficient (Wildman–Crippen LogP) is 2.99. The van der Waals surface area contributed by atoms with Crippen molar-refractivity contribution in [1.82, 2.24) is 4.90 Å². The molecule has 2 aliphatic rings. The third-order valence-electron chi connectivity index (χ3n) is 4.97. The highest BCUT2D eigenvalue weighted by atomic mass is 32.1. The molecule has 0 saturated carbocycles. The number of likely N-dealkylation sites (tertiary alicyclic amines) is 1. The van der Waals surface area contributed by atoms with Crippen LogP contribution >= 0.6 is 11.3 Å². The fourth-order valence-corrected chi connectivity index (χ4v) is 4.30. The van der Waals surface area contributed by atoms with E-state index in [4.69, 9.17) is 9.47 Å². The number of thiophene rings is 1. The van der Waals surface area contributed by atoms with Crippen molar-refractivity contribution in [2.75, 3.05) is 19.9 Å². The predicted molar refractivity (Wildman–Crippen MR) is 94.9 cm³/mol. The second-order valence-electron chi connectivity index (χ2n) is 6.54. The number of amides is 1. The van der Waals surface area contributed by atoms with Crippen LogP contribution in [0.25, 0.3) is 0 Å². The summed E-state index contributed by atoms with van der Waals surface area (Å²) in [5, 5.41) is 12.5. The zero-order valence-corrected chi connectivity index (χ0v) is 14.7. The van der Waals surface area contributed by atoms with E-state index in [0.29, 0.717) is 25.3 Å². The molecule has 1 aromatic heterocycles. The molecule has 0 bridgehead atoms. The first-order valence-corrected chi connectivity index (χ1v) is 9.46. The van der Waals surface area contributed by atoms with Crippen molar-refractivity contribution in [3.8, 4) is 11.5 Å². The molecule has 1 aromatic carbocycles. The zero-order chi connectivity index (χ0) is 17.2. The molecule has 3 heterocycles. The number of ether oxygens (including phenoxy) is 2. The average molecular weight is 359 g/mol. The van der Waals surface area contributed by atoms with Crippen molar-refractivity contribution < 1.29 is 19.4 Å². The van der Waals surface area contributed by atoms with E-state index in [9.17, 15) is 9.90 Å². The quantitative estimate of drug-likeness (QED) is 0.912. The van der Waals surface area contributed by atoms with Crippen LogP contribution < -0.4 is 9.47 Å². The molecule has 1 fully saturated rings. The lowest BCUT2D eigenvalue weighted by Crippen LogP contribution is -2.40.